The van der Waals surface area contributed by atoms with Crippen molar-refractivity contribution in [3.05, 3.63) is 23.0 Å². The molecular weight excluding hydrogens is 320 g/mol. The molecule has 1 N–H and O–H groups in total. The van der Waals surface area contributed by atoms with Crippen molar-refractivity contribution in [1.82, 2.24) is 20.4 Å². The second kappa shape index (κ2) is 6.13. The number of hydrogen-bond acceptors (Lipinski definition) is 5. The largest absolute Gasteiger partial charge is 0.357 e. The lowest BCUT2D eigenvalue weighted by molar-refractivity contribution is -0.126. The van der Waals surface area contributed by atoms with Crippen LogP contribution in [0.5, 0.6) is 0 Å². The van der Waals surface area contributed by atoms with Gasteiger partial charge in [0.25, 0.3) is 11.6 Å². The fourth-order valence-electron chi connectivity index (χ4n) is 3.64. The number of fused-ring (bicyclic) bond motifs is 1. The van der Waals surface area contributed by atoms with Crippen LogP contribution in [0.25, 0.3) is 11.1 Å². The van der Waals surface area contributed by atoms with Gasteiger partial charge in [0.15, 0.2) is 0 Å². The van der Waals surface area contributed by atoms with Crippen molar-refractivity contribution in [2.75, 3.05) is 13.6 Å². The molecule has 1 aliphatic heterocycles. The first-order valence-corrected chi connectivity index (χ1v) is 8.89. The van der Waals surface area contributed by atoms with Crippen LogP contribution in [0.2, 0.25) is 0 Å². The number of carbonyl (C=O) groups excluding carboxylic acids is 2. The molecule has 2 aliphatic rings. The molecule has 7 heteroatoms. The Labute approximate surface area is 145 Å². The number of likely N-dealkylation sites (N-methyl/N-ethyl adjacent to an activating group) is 1. The minimum atomic E-state index is -0.418. The molecule has 2 fully saturated rings. The quantitative estimate of drug-likeness (QED) is 0.923. The summed E-state index contributed by atoms with van der Waals surface area (Å²) in [6.07, 6.45) is 4.73. The van der Waals surface area contributed by atoms with E-state index >= 15 is 0 Å². The van der Waals surface area contributed by atoms with E-state index in [0.29, 0.717) is 41.2 Å². The van der Waals surface area contributed by atoms with Crippen LogP contribution in [-0.2, 0) is 4.79 Å². The van der Waals surface area contributed by atoms with Gasteiger partial charge in [-0.15, -0.1) is 0 Å². The van der Waals surface area contributed by atoms with E-state index in [1.54, 1.807) is 11.9 Å². The van der Waals surface area contributed by atoms with Crippen molar-refractivity contribution in [1.29, 1.82) is 0 Å². The summed E-state index contributed by atoms with van der Waals surface area (Å²) in [7, 11) is 1.61. The number of rotatable bonds is 3. The molecule has 1 atom stereocenters. The van der Waals surface area contributed by atoms with Gasteiger partial charge in [-0.25, -0.2) is 4.98 Å². The van der Waals surface area contributed by atoms with E-state index in [1.807, 2.05) is 13.0 Å². The molecule has 0 bridgehead atoms. The first kappa shape index (κ1) is 16.1. The molecule has 1 saturated heterocycles. The molecule has 0 radical (unpaired) electrons. The zero-order valence-corrected chi connectivity index (χ0v) is 14.5. The Bertz CT molecular complexity index is 840. The average Bonchev–Trinajstić information content (AvgIpc) is 3.43. The third-order valence-corrected chi connectivity index (χ3v) is 5.18. The zero-order valence-electron chi connectivity index (χ0n) is 14.5. The highest BCUT2D eigenvalue weighted by Gasteiger charge is 2.35. The molecule has 3 heterocycles. The van der Waals surface area contributed by atoms with Gasteiger partial charge in [0.1, 0.15) is 6.04 Å². The van der Waals surface area contributed by atoms with Crippen LogP contribution in [0.15, 0.2) is 10.6 Å². The molecule has 1 saturated carbocycles. The minimum Gasteiger partial charge on any atom is -0.357 e. The number of nitrogens with zero attached hydrogens (tertiary/aromatic N) is 3. The Morgan fingerprint density at radius 2 is 2.08 bits per heavy atom. The number of piperidine rings is 1. The predicted molar refractivity (Wildman–Crippen MR) is 91.3 cm³/mol. The summed E-state index contributed by atoms with van der Waals surface area (Å²) in [5.41, 5.74) is 2.52. The molecule has 25 heavy (non-hydrogen) atoms. The minimum absolute atomic E-state index is 0.109. The molecule has 7 nitrogen and oxygen atoms in total. The number of likely N-dealkylation sites (tertiary alicyclic amines) is 1. The number of amides is 2. The molecule has 4 rings (SSSR count). The summed E-state index contributed by atoms with van der Waals surface area (Å²) in [5, 5.41) is 7.33. The lowest BCUT2D eigenvalue weighted by Gasteiger charge is -2.34. The van der Waals surface area contributed by atoms with Gasteiger partial charge >= 0.3 is 0 Å². The molecule has 2 aromatic rings. The number of pyridine rings is 1. The molecule has 132 valence electrons. The highest BCUT2D eigenvalue weighted by molar-refractivity contribution is 6.07. The van der Waals surface area contributed by atoms with E-state index in [0.717, 1.165) is 31.4 Å². The van der Waals surface area contributed by atoms with Gasteiger partial charge in [-0.2, -0.15) is 0 Å². The Hall–Kier alpha value is -2.44. The monoisotopic (exact) mass is 342 g/mol. The Morgan fingerprint density at radius 3 is 2.80 bits per heavy atom. The van der Waals surface area contributed by atoms with Crippen molar-refractivity contribution < 1.29 is 14.1 Å². The van der Waals surface area contributed by atoms with Crippen LogP contribution in [0.3, 0.4) is 0 Å². The van der Waals surface area contributed by atoms with Crippen molar-refractivity contribution in [2.45, 2.75) is 51.0 Å². The summed E-state index contributed by atoms with van der Waals surface area (Å²) in [6, 6.07) is 1.46. The van der Waals surface area contributed by atoms with E-state index in [2.05, 4.69) is 15.5 Å². The fraction of sp³-hybridized carbons (Fsp3) is 0.556. The van der Waals surface area contributed by atoms with Crippen LogP contribution in [0.1, 0.15) is 59.8 Å². The van der Waals surface area contributed by atoms with Crippen LogP contribution in [-0.4, -0.2) is 46.5 Å². The number of aryl methyl sites for hydroxylation is 1. The molecular formula is C18H22N4O3. The maximum absolute atomic E-state index is 13.3. The number of aromatic nitrogens is 2. The third kappa shape index (κ3) is 2.77. The molecule has 0 spiro atoms. The van der Waals surface area contributed by atoms with Crippen LogP contribution in [0.4, 0.5) is 0 Å². The van der Waals surface area contributed by atoms with Gasteiger partial charge in [0.05, 0.1) is 16.6 Å². The number of hydrogen-bond donors (Lipinski definition) is 1. The van der Waals surface area contributed by atoms with E-state index in [4.69, 9.17) is 4.52 Å². The van der Waals surface area contributed by atoms with Gasteiger partial charge in [-0.3, -0.25) is 9.59 Å². The van der Waals surface area contributed by atoms with Gasteiger partial charge < -0.3 is 14.7 Å². The highest BCUT2D eigenvalue weighted by atomic mass is 16.5. The van der Waals surface area contributed by atoms with Crippen LogP contribution < -0.4 is 5.32 Å². The molecule has 2 amide bonds. The van der Waals surface area contributed by atoms with Gasteiger partial charge in [-0.1, -0.05) is 5.16 Å². The smallest absolute Gasteiger partial charge is 0.259 e. The van der Waals surface area contributed by atoms with E-state index in [9.17, 15) is 9.59 Å². The van der Waals surface area contributed by atoms with E-state index in [-0.39, 0.29) is 11.8 Å². The number of carbonyl (C=O) groups is 2. The zero-order chi connectivity index (χ0) is 17.6. The number of nitrogens with one attached hydrogen (secondary N) is 1. The summed E-state index contributed by atoms with van der Waals surface area (Å²) in [4.78, 5) is 31.8. The topological polar surface area (TPSA) is 88.3 Å². The Morgan fingerprint density at radius 1 is 1.28 bits per heavy atom. The second-order valence-corrected chi connectivity index (χ2v) is 6.94. The first-order chi connectivity index (χ1) is 12.1. The van der Waals surface area contributed by atoms with Crippen molar-refractivity contribution in [3.8, 4) is 0 Å². The predicted octanol–water partition coefficient (Wildman–Crippen LogP) is 2.15. The maximum Gasteiger partial charge on any atom is 0.259 e. The van der Waals surface area contributed by atoms with Gasteiger partial charge in [-0.05, 0) is 45.1 Å². The lowest BCUT2D eigenvalue weighted by Crippen LogP contribution is -2.51. The highest BCUT2D eigenvalue weighted by Crippen LogP contribution is 2.40. The molecule has 2 aromatic heterocycles. The van der Waals surface area contributed by atoms with E-state index < -0.39 is 6.04 Å². The normalized spacial score (nSPS) is 20.7. The molecule has 0 aromatic carbocycles. The standard InChI is InChI=1S/C18H22N4O3/c1-10-15-12(9-13(11-6-7-11)20-17(15)25-21-10)18(24)22-8-4-3-5-14(22)16(23)19-2/h9,11,14H,3-8H2,1-2H3,(H,19,23)/t14-/m1/s1. The van der Waals surface area contributed by atoms with Crippen molar-refractivity contribution >= 4 is 22.9 Å². The average molecular weight is 342 g/mol. The van der Waals surface area contributed by atoms with Crippen molar-refractivity contribution in [2.24, 2.45) is 0 Å². The SMILES string of the molecule is CNC(=O)[C@H]1CCCCN1C(=O)c1cc(C2CC2)nc2onc(C)c12. The third-order valence-electron chi connectivity index (χ3n) is 5.18. The van der Waals surface area contributed by atoms with Crippen LogP contribution in [0, 0.1) is 6.92 Å². The lowest BCUT2D eigenvalue weighted by atomic mass is 9.98. The summed E-state index contributed by atoms with van der Waals surface area (Å²) >= 11 is 0. The Kier molecular flexibility index (Phi) is 3.94. The van der Waals surface area contributed by atoms with Gasteiger partial charge in [0.2, 0.25) is 5.91 Å². The van der Waals surface area contributed by atoms with Crippen LogP contribution >= 0.6 is 0 Å². The maximum atomic E-state index is 13.3. The summed E-state index contributed by atoms with van der Waals surface area (Å²) < 4.78 is 5.33. The summed E-state index contributed by atoms with van der Waals surface area (Å²) in [5.74, 6) is 0.161. The summed E-state index contributed by atoms with van der Waals surface area (Å²) in [6.45, 7) is 2.40. The molecule has 0 unspecified atom stereocenters. The first-order valence-electron chi connectivity index (χ1n) is 8.89. The molecule has 1 aliphatic carbocycles. The Balaban J connectivity index is 1.78. The fourth-order valence-corrected chi connectivity index (χ4v) is 3.64. The van der Waals surface area contributed by atoms with Crippen molar-refractivity contribution in [3.63, 3.8) is 0 Å². The van der Waals surface area contributed by atoms with E-state index in [1.165, 1.54) is 0 Å². The second-order valence-electron chi connectivity index (χ2n) is 6.94. The van der Waals surface area contributed by atoms with Gasteiger partial charge in [0, 0.05) is 25.2 Å².